The van der Waals surface area contributed by atoms with Crippen LogP contribution in [0.5, 0.6) is 0 Å². The molecule has 3 rings (SSSR count). The highest BCUT2D eigenvalue weighted by atomic mass is 16.5. The zero-order valence-electron chi connectivity index (χ0n) is 15.0. The van der Waals surface area contributed by atoms with Crippen molar-refractivity contribution >= 4 is 0 Å². The predicted molar refractivity (Wildman–Crippen MR) is 101 cm³/mol. The molecule has 0 aliphatic heterocycles. The van der Waals surface area contributed by atoms with E-state index in [0.29, 0.717) is 19.8 Å². The van der Waals surface area contributed by atoms with Gasteiger partial charge < -0.3 is 14.8 Å². The number of methoxy groups -OCH3 is 1. The van der Waals surface area contributed by atoms with E-state index in [2.05, 4.69) is 16.5 Å². The Balaban J connectivity index is 1.70. The summed E-state index contributed by atoms with van der Waals surface area (Å²) in [5.74, 6) is 0. The van der Waals surface area contributed by atoms with Crippen molar-refractivity contribution in [3.63, 3.8) is 0 Å². The number of nitrogens with one attached hydrogen (secondary N) is 1. The fraction of sp³-hybridized carbons (Fsp3) is 0.300. The van der Waals surface area contributed by atoms with Gasteiger partial charge >= 0.3 is 0 Å². The normalized spacial score (nSPS) is 11.0. The number of nitrogens with zero attached hydrogens (tertiary/aromatic N) is 3. The zero-order valence-corrected chi connectivity index (χ0v) is 15.0. The van der Waals surface area contributed by atoms with Crippen molar-refractivity contribution < 1.29 is 9.47 Å². The van der Waals surface area contributed by atoms with Gasteiger partial charge in [-0.3, -0.25) is 4.98 Å². The van der Waals surface area contributed by atoms with Crippen LogP contribution in [0.3, 0.4) is 0 Å². The molecule has 0 aliphatic carbocycles. The minimum atomic E-state index is 0.617. The molecule has 0 atom stereocenters. The second kappa shape index (κ2) is 9.82. The van der Waals surface area contributed by atoms with E-state index in [0.717, 1.165) is 35.6 Å². The Morgan fingerprint density at radius 1 is 1.00 bits per heavy atom. The number of aromatic nitrogens is 3. The molecule has 0 spiro atoms. The van der Waals surface area contributed by atoms with E-state index < -0.39 is 0 Å². The zero-order chi connectivity index (χ0) is 18.0. The highest BCUT2D eigenvalue weighted by Crippen LogP contribution is 2.23. The summed E-state index contributed by atoms with van der Waals surface area (Å²) in [6.45, 7) is 3.39. The van der Waals surface area contributed by atoms with Crippen molar-refractivity contribution in [2.75, 3.05) is 33.5 Å². The molecular weight excluding hydrogens is 328 g/mol. The number of para-hydroxylation sites is 1. The third kappa shape index (κ3) is 4.98. The highest BCUT2D eigenvalue weighted by Gasteiger charge is 2.12. The largest absolute Gasteiger partial charge is 0.382 e. The molecule has 0 saturated carbocycles. The second-order valence-electron chi connectivity index (χ2n) is 5.80. The van der Waals surface area contributed by atoms with Gasteiger partial charge in [-0.2, -0.15) is 5.10 Å². The minimum Gasteiger partial charge on any atom is -0.382 e. The maximum atomic E-state index is 5.48. The molecule has 0 saturated heterocycles. The molecular formula is C20H24N4O2. The highest BCUT2D eigenvalue weighted by molar-refractivity contribution is 5.62. The number of pyridine rings is 1. The van der Waals surface area contributed by atoms with E-state index in [1.807, 2.05) is 47.1 Å². The van der Waals surface area contributed by atoms with Crippen molar-refractivity contribution in [2.45, 2.75) is 6.54 Å². The monoisotopic (exact) mass is 352 g/mol. The Morgan fingerprint density at radius 2 is 1.81 bits per heavy atom. The third-order valence-corrected chi connectivity index (χ3v) is 3.93. The Labute approximate surface area is 153 Å². The number of hydrogen-bond donors (Lipinski definition) is 1. The summed E-state index contributed by atoms with van der Waals surface area (Å²) < 4.78 is 12.4. The van der Waals surface area contributed by atoms with Crippen LogP contribution < -0.4 is 5.32 Å². The van der Waals surface area contributed by atoms with Crippen molar-refractivity contribution in [2.24, 2.45) is 0 Å². The molecule has 0 unspecified atom stereocenters. The van der Waals surface area contributed by atoms with Crippen molar-refractivity contribution in [3.8, 4) is 16.9 Å². The molecule has 6 nitrogen and oxygen atoms in total. The maximum Gasteiger partial charge on any atom is 0.0973 e. The van der Waals surface area contributed by atoms with Gasteiger partial charge in [0.05, 0.1) is 31.2 Å². The standard InChI is InChI=1S/C20H24N4O2/c1-25-13-14-26-12-11-22-15-18-16-24(19-5-3-2-4-6-19)23-20(18)17-7-9-21-10-8-17/h2-10,16,22H,11-15H2,1H3. The van der Waals surface area contributed by atoms with Crippen molar-refractivity contribution in [1.29, 1.82) is 0 Å². The molecule has 2 aromatic heterocycles. The van der Waals surface area contributed by atoms with Crippen molar-refractivity contribution in [3.05, 3.63) is 66.6 Å². The molecule has 136 valence electrons. The molecule has 6 heteroatoms. The molecule has 0 bridgehead atoms. The predicted octanol–water partition coefficient (Wildman–Crippen LogP) is 2.69. The van der Waals surface area contributed by atoms with Crippen LogP contribution in [0.25, 0.3) is 16.9 Å². The first-order chi connectivity index (χ1) is 12.9. The van der Waals surface area contributed by atoms with Gasteiger partial charge in [0.1, 0.15) is 0 Å². The van der Waals surface area contributed by atoms with Gasteiger partial charge in [0.2, 0.25) is 0 Å². The fourth-order valence-corrected chi connectivity index (χ4v) is 2.62. The van der Waals surface area contributed by atoms with Gasteiger partial charge in [-0.25, -0.2) is 4.68 Å². The van der Waals surface area contributed by atoms with Crippen LogP contribution in [0.2, 0.25) is 0 Å². The topological polar surface area (TPSA) is 61.2 Å². The smallest absolute Gasteiger partial charge is 0.0973 e. The van der Waals surface area contributed by atoms with Crippen LogP contribution in [0, 0.1) is 0 Å². The van der Waals surface area contributed by atoms with E-state index in [1.165, 1.54) is 0 Å². The van der Waals surface area contributed by atoms with Crippen LogP contribution in [-0.2, 0) is 16.0 Å². The lowest BCUT2D eigenvalue weighted by atomic mass is 10.1. The molecule has 0 radical (unpaired) electrons. The summed E-state index contributed by atoms with van der Waals surface area (Å²) in [6, 6.07) is 14.1. The van der Waals surface area contributed by atoms with E-state index in [9.17, 15) is 0 Å². The van der Waals surface area contributed by atoms with E-state index in [1.54, 1.807) is 19.5 Å². The summed E-state index contributed by atoms with van der Waals surface area (Å²) in [7, 11) is 1.67. The quantitative estimate of drug-likeness (QED) is 0.569. The lowest BCUT2D eigenvalue weighted by Gasteiger charge is -2.06. The SMILES string of the molecule is COCCOCCNCc1cn(-c2ccccc2)nc1-c1ccncc1. The second-order valence-corrected chi connectivity index (χ2v) is 5.80. The van der Waals surface area contributed by atoms with Gasteiger partial charge in [-0.1, -0.05) is 18.2 Å². The molecule has 0 fully saturated rings. The summed E-state index contributed by atoms with van der Waals surface area (Å²) in [5.41, 5.74) is 4.20. The van der Waals surface area contributed by atoms with Gasteiger partial charge in [0.25, 0.3) is 0 Å². The number of hydrogen-bond acceptors (Lipinski definition) is 5. The average Bonchev–Trinajstić information content (AvgIpc) is 3.13. The Kier molecular flexibility index (Phi) is 6.89. The summed E-state index contributed by atoms with van der Waals surface area (Å²) in [6.07, 6.45) is 5.65. The van der Waals surface area contributed by atoms with Gasteiger partial charge in [-0.05, 0) is 24.3 Å². The minimum absolute atomic E-state index is 0.617. The lowest BCUT2D eigenvalue weighted by Crippen LogP contribution is -2.20. The first-order valence-electron chi connectivity index (χ1n) is 8.70. The molecule has 1 aromatic carbocycles. The first-order valence-corrected chi connectivity index (χ1v) is 8.70. The summed E-state index contributed by atoms with van der Waals surface area (Å²) in [4.78, 5) is 4.10. The number of benzene rings is 1. The van der Waals surface area contributed by atoms with E-state index in [4.69, 9.17) is 14.6 Å². The van der Waals surface area contributed by atoms with Gasteiger partial charge in [-0.15, -0.1) is 0 Å². The van der Waals surface area contributed by atoms with E-state index in [-0.39, 0.29) is 0 Å². The maximum absolute atomic E-state index is 5.48. The van der Waals surface area contributed by atoms with Crippen molar-refractivity contribution in [1.82, 2.24) is 20.1 Å². The van der Waals surface area contributed by atoms with Gasteiger partial charge in [0.15, 0.2) is 0 Å². The number of ether oxygens (including phenoxy) is 2. The van der Waals surface area contributed by atoms with Crippen LogP contribution in [-0.4, -0.2) is 48.2 Å². The Hall–Kier alpha value is -2.54. The first kappa shape index (κ1) is 18.3. The molecule has 0 aliphatic rings. The fourth-order valence-electron chi connectivity index (χ4n) is 2.62. The lowest BCUT2D eigenvalue weighted by molar-refractivity contribution is 0.0719. The average molecular weight is 352 g/mol. The molecule has 26 heavy (non-hydrogen) atoms. The van der Waals surface area contributed by atoms with Crippen LogP contribution in [0.4, 0.5) is 0 Å². The summed E-state index contributed by atoms with van der Waals surface area (Å²) >= 11 is 0. The van der Waals surface area contributed by atoms with Crippen LogP contribution in [0.15, 0.2) is 61.1 Å². The summed E-state index contributed by atoms with van der Waals surface area (Å²) in [5, 5.41) is 8.21. The number of rotatable bonds is 10. The molecule has 2 heterocycles. The third-order valence-electron chi connectivity index (χ3n) is 3.93. The molecule has 1 N–H and O–H groups in total. The molecule has 0 amide bonds. The Bertz CT molecular complexity index is 775. The van der Waals surface area contributed by atoms with Gasteiger partial charge in [0, 0.05) is 49.9 Å². The van der Waals surface area contributed by atoms with E-state index >= 15 is 0 Å². The van der Waals surface area contributed by atoms with Crippen LogP contribution >= 0.6 is 0 Å². The Morgan fingerprint density at radius 3 is 2.58 bits per heavy atom. The molecule has 3 aromatic rings. The van der Waals surface area contributed by atoms with Crippen LogP contribution in [0.1, 0.15) is 5.56 Å².